The second kappa shape index (κ2) is 10.9. The first kappa shape index (κ1) is 27.3. The summed E-state index contributed by atoms with van der Waals surface area (Å²) in [5.41, 5.74) is 1.77. The van der Waals surface area contributed by atoms with Crippen molar-refractivity contribution >= 4 is 57.4 Å². The summed E-state index contributed by atoms with van der Waals surface area (Å²) in [6.45, 7) is 5.57. The van der Waals surface area contributed by atoms with Gasteiger partial charge in [-0.05, 0) is 54.1 Å². The summed E-state index contributed by atoms with van der Waals surface area (Å²) in [5, 5.41) is 9.78. The highest BCUT2D eigenvalue weighted by Gasteiger charge is 2.23. The van der Waals surface area contributed by atoms with E-state index in [9.17, 15) is 14.0 Å². The van der Waals surface area contributed by atoms with Crippen molar-refractivity contribution in [1.82, 2.24) is 15.3 Å². The van der Waals surface area contributed by atoms with E-state index in [1.54, 1.807) is 70.3 Å². The van der Waals surface area contributed by atoms with Gasteiger partial charge in [0.25, 0.3) is 5.91 Å². The molecule has 1 aromatic heterocycles. The number of anilines is 2. The standard InChI is InChI=1S/C28H26Cl2FN5O2/c1-28(2,3)27(38)33-14-16-7-12-20(29)22(23(16)30)26(37)34-18-10-11-19-21(13-18)35-24(36-25(19)32-4)15-5-8-17(31)9-6-15/h5-13H,14H2,1-4H3,(H,33,38)(H,34,37)(H,32,35,36). The molecule has 0 unspecified atom stereocenters. The molecule has 0 aliphatic heterocycles. The molecular formula is C28H26Cl2FN5O2. The van der Waals surface area contributed by atoms with E-state index in [4.69, 9.17) is 23.2 Å². The molecule has 0 atom stereocenters. The predicted octanol–water partition coefficient (Wildman–Crippen LogP) is 6.70. The first-order valence-electron chi connectivity index (χ1n) is 11.8. The van der Waals surface area contributed by atoms with Crippen LogP contribution < -0.4 is 16.0 Å². The van der Waals surface area contributed by atoms with Gasteiger partial charge in [0.2, 0.25) is 5.91 Å². The van der Waals surface area contributed by atoms with Crippen molar-refractivity contribution in [3.63, 3.8) is 0 Å². The highest BCUT2D eigenvalue weighted by atomic mass is 35.5. The fourth-order valence-corrected chi connectivity index (χ4v) is 4.31. The minimum Gasteiger partial charge on any atom is -0.373 e. The van der Waals surface area contributed by atoms with Gasteiger partial charge in [-0.2, -0.15) is 0 Å². The van der Waals surface area contributed by atoms with E-state index in [1.165, 1.54) is 12.1 Å². The number of halogens is 3. The maximum absolute atomic E-state index is 13.4. The number of hydrogen-bond donors (Lipinski definition) is 3. The third kappa shape index (κ3) is 5.87. The normalized spacial score (nSPS) is 11.3. The Morgan fingerprint density at radius 1 is 0.974 bits per heavy atom. The van der Waals surface area contributed by atoms with E-state index in [-0.39, 0.29) is 33.9 Å². The molecule has 0 aliphatic carbocycles. The van der Waals surface area contributed by atoms with Gasteiger partial charge in [-0.25, -0.2) is 14.4 Å². The maximum atomic E-state index is 13.4. The third-order valence-corrected chi connectivity index (χ3v) is 6.56. The number of benzene rings is 3. The van der Waals surface area contributed by atoms with Crippen LogP contribution in [-0.2, 0) is 11.3 Å². The van der Waals surface area contributed by atoms with Gasteiger partial charge in [-0.1, -0.05) is 50.0 Å². The molecule has 0 fully saturated rings. The lowest BCUT2D eigenvalue weighted by Crippen LogP contribution is -2.34. The van der Waals surface area contributed by atoms with Gasteiger partial charge in [0.1, 0.15) is 11.6 Å². The molecule has 3 aromatic carbocycles. The Kier molecular flexibility index (Phi) is 7.85. The van der Waals surface area contributed by atoms with Crippen LogP contribution in [0.1, 0.15) is 36.7 Å². The highest BCUT2D eigenvalue weighted by Crippen LogP contribution is 2.31. The molecule has 4 rings (SSSR count). The van der Waals surface area contributed by atoms with Crippen molar-refractivity contribution in [3.8, 4) is 11.4 Å². The van der Waals surface area contributed by atoms with Crippen LogP contribution in [0.15, 0.2) is 54.6 Å². The lowest BCUT2D eigenvalue weighted by atomic mass is 9.95. The van der Waals surface area contributed by atoms with Gasteiger partial charge in [0.15, 0.2) is 5.82 Å². The molecule has 0 spiro atoms. The number of fused-ring (bicyclic) bond motifs is 1. The van der Waals surface area contributed by atoms with E-state index in [1.807, 2.05) is 0 Å². The summed E-state index contributed by atoms with van der Waals surface area (Å²) in [7, 11) is 1.74. The Morgan fingerprint density at radius 3 is 2.34 bits per heavy atom. The number of aromatic nitrogens is 2. The minimum absolute atomic E-state index is 0.0986. The number of rotatable bonds is 6. The Labute approximate surface area is 229 Å². The van der Waals surface area contributed by atoms with Crippen LogP contribution in [0.4, 0.5) is 15.9 Å². The van der Waals surface area contributed by atoms with E-state index in [2.05, 4.69) is 25.9 Å². The number of carbonyl (C=O) groups excluding carboxylic acids is 2. The quantitative estimate of drug-likeness (QED) is 0.247. The second-order valence-electron chi connectivity index (χ2n) is 9.67. The van der Waals surface area contributed by atoms with Crippen LogP contribution in [0.5, 0.6) is 0 Å². The lowest BCUT2D eigenvalue weighted by Gasteiger charge is -2.18. The molecule has 2 amide bonds. The Balaban J connectivity index is 1.63. The van der Waals surface area contributed by atoms with Gasteiger partial charge < -0.3 is 16.0 Å². The first-order chi connectivity index (χ1) is 18.0. The fraction of sp³-hybridized carbons (Fsp3) is 0.214. The number of nitrogens with one attached hydrogen (secondary N) is 3. The van der Waals surface area contributed by atoms with Crippen molar-refractivity contribution in [3.05, 3.63) is 81.6 Å². The van der Waals surface area contributed by atoms with Crippen LogP contribution in [0, 0.1) is 11.2 Å². The molecule has 3 N–H and O–H groups in total. The van der Waals surface area contributed by atoms with Crippen LogP contribution in [-0.4, -0.2) is 28.8 Å². The zero-order valence-corrected chi connectivity index (χ0v) is 22.8. The van der Waals surface area contributed by atoms with Crippen LogP contribution in [0.3, 0.4) is 0 Å². The Bertz CT molecular complexity index is 1540. The SMILES string of the molecule is CNc1nc(-c2ccc(F)cc2)nc2cc(NC(=O)c3c(Cl)ccc(CNC(=O)C(C)(C)C)c3Cl)ccc12. The van der Waals surface area contributed by atoms with Crippen molar-refractivity contribution in [2.24, 2.45) is 5.41 Å². The highest BCUT2D eigenvalue weighted by molar-refractivity contribution is 6.40. The molecule has 0 aliphatic rings. The molecule has 7 nitrogen and oxygen atoms in total. The van der Waals surface area contributed by atoms with Crippen molar-refractivity contribution in [2.75, 3.05) is 17.7 Å². The van der Waals surface area contributed by atoms with E-state index in [0.717, 1.165) is 5.39 Å². The number of hydrogen-bond acceptors (Lipinski definition) is 5. The van der Waals surface area contributed by atoms with Crippen molar-refractivity contribution in [2.45, 2.75) is 27.3 Å². The average Bonchev–Trinajstić information content (AvgIpc) is 2.87. The zero-order valence-electron chi connectivity index (χ0n) is 21.2. The van der Waals surface area contributed by atoms with Gasteiger partial charge in [0.05, 0.1) is 21.1 Å². The van der Waals surface area contributed by atoms with E-state index in [0.29, 0.717) is 34.0 Å². The van der Waals surface area contributed by atoms with Crippen LogP contribution in [0.2, 0.25) is 10.0 Å². The molecule has 1 heterocycles. The smallest absolute Gasteiger partial charge is 0.258 e. The average molecular weight is 554 g/mol. The molecule has 38 heavy (non-hydrogen) atoms. The number of nitrogens with zero attached hydrogens (tertiary/aromatic N) is 2. The third-order valence-electron chi connectivity index (χ3n) is 5.81. The summed E-state index contributed by atoms with van der Waals surface area (Å²) >= 11 is 12.9. The molecule has 4 aromatic rings. The summed E-state index contributed by atoms with van der Waals surface area (Å²) in [6.07, 6.45) is 0. The number of amides is 2. The van der Waals surface area contributed by atoms with Crippen LogP contribution in [0.25, 0.3) is 22.3 Å². The summed E-state index contributed by atoms with van der Waals surface area (Å²) in [5.74, 6) is -0.0188. The van der Waals surface area contributed by atoms with Crippen molar-refractivity contribution in [1.29, 1.82) is 0 Å². The molecular weight excluding hydrogens is 528 g/mol. The second-order valence-corrected chi connectivity index (χ2v) is 10.5. The van der Waals surface area contributed by atoms with Gasteiger partial charge >= 0.3 is 0 Å². The molecule has 10 heteroatoms. The molecule has 0 saturated heterocycles. The fourth-order valence-electron chi connectivity index (χ4n) is 3.70. The molecule has 0 radical (unpaired) electrons. The largest absolute Gasteiger partial charge is 0.373 e. The Morgan fingerprint density at radius 2 is 1.68 bits per heavy atom. The minimum atomic E-state index is -0.567. The van der Waals surface area contributed by atoms with Gasteiger partial charge in [0, 0.05) is 35.6 Å². The number of carbonyl (C=O) groups is 2. The monoisotopic (exact) mass is 553 g/mol. The van der Waals surface area contributed by atoms with Crippen LogP contribution >= 0.6 is 23.2 Å². The lowest BCUT2D eigenvalue weighted by molar-refractivity contribution is -0.128. The van der Waals surface area contributed by atoms with E-state index < -0.39 is 11.3 Å². The zero-order chi connectivity index (χ0) is 27.6. The topological polar surface area (TPSA) is 96.0 Å². The summed E-state index contributed by atoms with van der Waals surface area (Å²) in [4.78, 5) is 34.7. The summed E-state index contributed by atoms with van der Waals surface area (Å²) in [6, 6.07) is 14.3. The predicted molar refractivity (Wildman–Crippen MR) is 150 cm³/mol. The first-order valence-corrected chi connectivity index (χ1v) is 12.6. The molecule has 0 saturated carbocycles. The van der Waals surface area contributed by atoms with E-state index >= 15 is 0 Å². The van der Waals surface area contributed by atoms with Gasteiger partial charge in [-0.3, -0.25) is 9.59 Å². The maximum Gasteiger partial charge on any atom is 0.258 e. The molecule has 0 bridgehead atoms. The Hall–Kier alpha value is -3.75. The summed E-state index contributed by atoms with van der Waals surface area (Å²) < 4.78 is 13.4. The van der Waals surface area contributed by atoms with Gasteiger partial charge in [-0.15, -0.1) is 0 Å². The van der Waals surface area contributed by atoms with Crippen molar-refractivity contribution < 1.29 is 14.0 Å². The molecule has 196 valence electrons.